The first kappa shape index (κ1) is 22.5. The summed E-state index contributed by atoms with van der Waals surface area (Å²) in [5.41, 5.74) is -12.9. The molecule has 2 rings (SSSR count). The van der Waals surface area contributed by atoms with E-state index in [9.17, 15) is 48.0 Å². The van der Waals surface area contributed by atoms with Gasteiger partial charge in [-0.15, -0.1) is 0 Å². The van der Waals surface area contributed by atoms with Crippen LogP contribution in [0.5, 0.6) is 11.5 Å². The standard InChI is InChI=1S/C13H6F6O8S2/c14-12(15,16)28(22,23)26-9-3-1-2-6-4-8(11(20)21)10(5-7(6)9)27-29(24,25)13(17,18)19/h1-5H,(H,20,21). The minimum Gasteiger partial charge on any atom is -0.478 e. The third-order valence-electron chi connectivity index (χ3n) is 3.14. The van der Waals surface area contributed by atoms with Gasteiger partial charge in [-0.3, -0.25) is 0 Å². The van der Waals surface area contributed by atoms with Gasteiger partial charge in [0.1, 0.15) is 5.56 Å². The summed E-state index contributed by atoms with van der Waals surface area (Å²) in [7, 11) is -12.5. The Balaban J connectivity index is 2.73. The van der Waals surface area contributed by atoms with Crippen molar-refractivity contribution in [2.24, 2.45) is 0 Å². The summed E-state index contributed by atoms with van der Waals surface area (Å²) in [6.07, 6.45) is 0. The van der Waals surface area contributed by atoms with E-state index in [0.29, 0.717) is 18.2 Å². The summed E-state index contributed by atoms with van der Waals surface area (Å²) in [5, 5.41) is 8.09. The Morgan fingerprint density at radius 1 is 0.828 bits per heavy atom. The molecule has 0 atom stereocenters. The van der Waals surface area contributed by atoms with Gasteiger partial charge in [0.05, 0.1) is 0 Å². The Morgan fingerprint density at radius 3 is 1.76 bits per heavy atom. The quantitative estimate of drug-likeness (QED) is 0.404. The molecule has 2 aromatic carbocycles. The third-order valence-corrected chi connectivity index (χ3v) is 5.07. The maximum absolute atomic E-state index is 12.5. The van der Waals surface area contributed by atoms with Crippen molar-refractivity contribution in [1.29, 1.82) is 0 Å². The van der Waals surface area contributed by atoms with Crippen molar-refractivity contribution in [2.45, 2.75) is 11.0 Å². The molecule has 0 fully saturated rings. The lowest BCUT2D eigenvalue weighted by molar-refractivity contribution is -0.0505. The van der Waals surface area contributed by atoms with Gasteiger partial charge in [-0.1, -0.05) is 12.1 Å². The number of carboxylic acids is 1. The minimum absolute atomic E-state index is 0.295. The number of rotatable bonds is 5. The minimum atomic E-state index is -6.35. The average molecular weight is 468 g/mol. The fraction of sp³-hybridized carbons (Fsp3) is 0.154. The number of alkyl halides is 6. The van der Waals surface area contributed by atoms with Crippen LogP contribution >= 0.6 is 0 Å². The molecule has 0 saturated heterocycles. The van der Waals surface area contributed by atoms with Crippen molar-refractivity contribution >= 4 is 37.0 Å². The smallest absolute Gasteiger partial charge is 0.478 e. The van der Waals surface area contributed by atoms with E-state index in [-0.39, 0.29) is 5.39 Å². The zero-order valence-corrected chi connectivity index (χ0v) is 14.9. The van der Waals surface area contributed by atoms with E-state index < -0.39 is 59.7 Å². The van der Waals surface area contributed by atoms with Crippen LogP contribution in [0.15, 0.2) is 30.3 Å². The molecule has 0 aliphatic rings. The monoisotopic (exact) mass is 468 g/mol. The molecule has 0 amide bonds. The molecule has 0 bridgehead atoms. The normalized spacial score (nSPS) is 13.3. The van der Waals surface area contributed by atoms with Crippen LogP contribution in [-0.2, 0) is 20.2 Å². The molecule has 8 nitrogen and oxygen atoms in total. The van der Waals surface area contributed by atoms with Gasteiger partial charge in [0.2, 0.25) is 0 Å². The Labute approximate surface area is 157 Å². The summed E-state index contributed by atoms with van der Waals surface area (Å²) in [4.78, 5) is 11.2. The highest BCUT2D eigenvalue weighted by Gasteiger charge is 2.50. The first-order chi connectivity index (χ1) is 13.0. The molecule has 0 spiro atoms. The summed E-state index contributed by atoms with van der Waals surface area (Å²) in [6, 6.07) is 3.54. The summed E-state index contributed by atoms with van der Waals surface area (Å²) in [5.74, 6) is -4.43. The maximum Gasteiger partial charge on any atom is 0.534 e. The fourth-order valence-electron chi connectivity index (χ4n) is 1.92. The lowest BCUT2D eigenvalue weighted by Crippen LogP contribution is -2.28. The SMILES string of the molecule is O=C(O)c1cc2cccc(OS(=O)(=O)C(F)(F)F)c2cc1OS(=O)(=O)C(F)(F)F. The van der Waals surface area contributed by atoms with Crippen molar-refractivity contribution < 1.29 is 61.4 Å². The van der Waals surface area contributed by atoms with Crippen LogP contribution in [-0.4, -0.2) is 38.9 Å². The molecule has 0 aromatic heterocycles. The summed E-state index contributed by atoms with van der Waals surface area (Å²) < 4.78 is 127. The lowest BCUT2D eigenvalue weighted by atomic mass is 10.1. The van der Waals surface area contributed by atoms with Gasteiger partial charge in [-0.05, 0) is 23.6 Å². The molecular weight excluding hydrogens is 462 g/mol. The summed E-state index contributed by atoms with van der Waals surface area (Å²) in [6.45, 7) is 0. The number of hydrogen-bond donors (Lipinski definition) is 1. The second-order valence-electron chi connectivity index (χ2n) is 5.10. The van der Waals surface area contributed by atoms with Crippen LogP contribution in [0.3, 0.4) is 0 Å². The molecule has 29 heavy (non-hydrogen) atoms. The van der Waals surface area contributed by atoms with Crippen molar-refractivity contribution in [3.05, 3.63) is 35.9 Å². The van der Waals surface area contributed by atoms with Crippen LogP contribution in [0.4, 0.5) is 26.3 Å². The zero-order valence-electron chi connectivity index (χ0n) is 13.3. The predicted octanol–water partition coefficient (Wildman–Crippen LogP) is 2.99. The van der Waals surface area contributed by atoms with Gasteiger partial charge in [-0.2, -0.15) is 43.2 Å². The number of hydrogen-bond acceptors (Lipinski definition) is 7. The first-order valence-electron chi connectivity index (χ1n) is 6.78. The van der Waals surface area contributed by atoms with E-state index in [4.69, 9.17) is 5.11 Å². The Hall–Kier alpha value is -2.75. The highest BCUT2D eigenvalue weighted by molar-refractivity contribution is 7.88. The van der Waals surface area contributed by atoms with E-state index in [1.165, 1.54) is 0 Å². The number of halogens is 6. The van der Waals surface area contributed by atoms with Crippen molar-refractivity contribution in [2.75, 3.05) is 0 Å². The highest BCUT2D eigenvalue weighted by atomic mass is 32.2. The van der Waals surface area contributed by atoms with E-state index in [2.05, 4.69) is 8.37 Å². The van der Waals surface area contributed by atoms with Crippen LogP contribution in [0.1, 0.15) is 10.4 Å². The van der Waals surface area contributed by atoms with Crippen molar-refractivity contribution in [1.82, 2.24) is 0 Å². The van der Waals surface area contributed by atoms with Gasteiger partial charge in [0.25, 0.3) is 0 Å². The van der Waals surface area contributed by atoms with Crippen LogP contribution in [0, 0.1) is 0 Å². The molecule has 0 heterocycles. The molecule has 0 unspecified atom stereocenters. The molecule has 0 radical (unpaired) electrons. The van der Waals surface area contributed by atoms with Gasteiger partial charge in [0, 0.05) is 5.39 Å². The maximum atomic E-state index is 12.5. The Morgan fingerprint density at radius 2 is 1.31 bits per heavy atom. The van der Waals surface area contributed by atoms with Gasteiger partial charge < -0.3 is 13.5 Å². The Bertz CT molecular complexity index is 1180. The number of carboxylic acid groups (broad SMARTS) is 1. The van der Waals surface area contributed by atoms with Gasteiger partial charge in [0.15, 0.2) is 11.5 Å². The summed E-state index contributed by atoms with van der Waals surface area (Å²) >= 11 is 0. The molecule has 0 aliphatic carbocycles. The van der Waals surface area contributed by atoms with Crippen LogP contribution < -0.4 is 8.37 Å². The van der Waals surface area contributed by atoms with Gasteiger partial charge in [-0.25, -0.2) is 4.79 Å². The van der Waals surface area contributed by atoms with Crippen molar-refractivity contribution in [3.8, 4) is 11.5 Å². The number of carbonyl (C=O) groups is 1. The van der Waals surface area contributed by atoms with E-state index in [0.717, 1.165) is 12.1 Å². The Kier molecular flexibility index (Phi) is 5.39. The zero-order chi connectivity index (χ0) is 22.4. The predicted molar refractivity (Wildman–Crippen MR) is 82.1 cm³/mol. The molecule has 2 aromatic rings. The molecule has 1 N–H and O–H groups in total. The number of fused-ring (bicyclic) bond motifs is 1. The van der Waals surface area contributed by atoms with Crippen LogP contribution in [0.25, 0.3) is 10.8 Å². The molecule has 16 heteroatoms. The number of benzene rings is 2. The third kappa shape index (κ3) is 4.47. The molecule has 0 saturated carbocycles. The second kappa shape index (κ2) is 6.94. The number of aromatic carboxylic acids is 1. The fourth-order valence-corrected chi connectivity index (χ4v) is 2.86. The topological polar surface area (TPSA) is 124 Å². The van der Waals surface area contributed by atoms with E-state index >= 15 is 0 Å². The second-order valence-corrected chi connectivity index (χ2v) is 8.17. The lowest BCUT2D eigenvalue weighted by Gasteiger charge is -2.14. The molecular formula is C13H6F6O8S2. The van der Waals surface area contributed by atoms with Crippen LogP contribution in [0.2, 0.25) is 0 Å². The first-order valence-corrected chi connectivity index (χ1v) is 9.59. The van der Waals surface area contributed by atoms with E-state index in [1.807, 2.05) is 0 Å². The van der Waals surface area contributed by atoms with Gasteiger partial charge >= 0.3 is 37.2 Å². The largest absolute Gasteiger partial charge is 0.534 e. The average Bonchev–Trinajstić information content (AvgIpc) is 2.52. The highest BCUT2D eigenvalue weighted by Crippen LogP contribution is 2.37. The van der Waals surface area contributed by atoms with Crippen molar-refractivity contribution in [3.63, 3.8) is 0 Å². The molecule has 0 aliphatic heterocycles. The van der Waals surface area contributed by atoms with E-state index in [1.54, 1.807) is 0 Å². The molecule has 160 valence electrons.